The molecule has 2 heteroatoms. The predicted molar refractivity (Wildman–Crippen MR) is 70.1 cm³/mol. The van der Waals surface area contributed by atoms with E-state index in [-0.39, 0.29) is 6.04 Å². The van der Waals surface area contributed by atoms with E-state index in [2.05, 4.69) is 44.3 Å². The minimum Gasteiger partial charge on any atom is -0.472 e. The van der Waals surface area contributed by atoms with Gasteiger partial charge in [-0.15, -0.1) is 0 Å². The van der Waals surface area contributed by atoms with Gasteiger partial charge < -0.3 is 9.73 Å². The van der Waals surface area contributed by atoms with Crippen LogP contribution in [0.15, 0.2) is 41.2 Å². The van der Waals surface area contributed by atoms with Gasteiger partial charge in [-0.05, 0) is 32.0 Å². The molecule has 1 aromatic carbocycles. The highest BCUT2D eigenvalue weighted by molar-refractivity contribution is 5.35. The van der Waals surface area contributed by atoms with Crippen molar-refractivity contribution in [2.75, 3.05) is 6.54 Å². The van der Waals surface area contributed by atoms with Gasteiger partial charge in [0.2, 0.25) is 0 Å². The van der Waals surface area contributed by atoms with Crippen molar-refractivity contribution in [3.05, 3.63) is 59.0 Å². The molecule has 1 N–H and O–H groups in total. The summed E-state index contributed by atoms with van der Waals surface area (Å²) in [5.74, 6) is 0. The molecule has 2 aromatic rings. The molecule has 0 aliphatic heterocycles. The van der Waals surface area contributed by atoms with Crippen molar-refractivity contribution < 1.29 is 4.42 Å². The summed E-state index contributed by atoms with van der Waals surface area (Å²) in [6.07, 6.45) is 3.54. The van der Waals surface area contributed by atoms with Crippen LogP contribution in [0, 0.1) is 13.8 Å². The summed E-state index contributed by atoms with van der Waals surface area (Å²) < 4.78 is 5.18. The Labute approximate surface area is 103 Å². The fourth-order valence-corrected chi connectivity index (χ4v) is 2.25. The van der Waals surface area contributed by atoms with E-state index in [0.717, 1.165) is 6.54 Å². The van der Waals surface area contributed by atoms with Crippen molar-refractivity contribution >= 4 is 0 Å². The largest absolute Gasteiger partial charge is 0.472 e. The lowest BCUT2D eigenvalue weighted by molar-refractivity contribution is 0.553. The summed E-state index contributed by atoms with van der Waals surface area (Å²) >= 11 is 0. The molecule has 2 nitrogen and oxygen atoms in total. The third-order valence-corrected chi connectivity index (χ3v) is 2.86. The molecular weight excluding hydrogens is 210 g/mol. The van der Waals surface area contributed by atoms with Crippen LogP contribution in [0.5, 0.6) is 0 Å². The molecule has 0 spiro atoms. The Hall–Kier alpha value is -1.54. The minimum atomic E-state index is 0.220. The molecule has 0 bridgehead atoms. The van der Waals surface area contributed by atoms with Crippen LogP contribution < -0.4 is 5.32 Å². The molecular formula is C15H19NO. The Morgan fingerprint density at radius 2 is 1.82 bits per heavy atom. The molecule has 0 amide bonds. The Balaban J connectivity index is 2.38. The first-order valence-electron chi connectivity index (χ1n) is 6.04. The highest BCUT2D eigenvalue weighted by Crippen LogP contribution is 2.24. The van der Waals surface area contributed by atoms with E-state index in [4.69, 9.17) is 4.42 Å². The van der Waals surface area contributed by atoms with Crippen molar-refractivity contribution in [2.45, 2.75) is 26.8 Å². The Bertz CT molecular complexity index is 453. The quantitative estimate of drug-likeness (QED) is 0.866. The lowest BCUT2D eigenvalue weighted by Crippen LogP contribution is -2.21. The van der Waals surface area contributed by atoms with E-state index < -0.39 is 0 Å². The number of aryl methyl sites for hydroxylation is 2. The topological polar surface area (TPSA) is 25.2 Å². The number of hydrogen-bond acceptors (Lipinski definition) is 2. The average Bonchev–Trinajstić information content (AvgIpc) is 2.77. The van der Waals surface area contributed by atoms with Crippen molar-refractivity contribution in [3.63, 3.8) is 0 Å². The van der Waals surface area contributed by atoms with Crippen LogP contribution in [0.4, 0.5) is 0 Å². The lowest BCUT2D eigenvalue weighted by atomic mass is 9.97. The molecule has 0 aliphatic rings. The average molecular weight is 229 g/mol. The van der Waals surface area contributed by atoms with E-state index in [1.165, 1.54) is 22.3 Å². The van der Waals surface area contributed by atoms with E-state index in [0.29, 0.717) is 0 Å². The molecule has 1 aromatic heterocycles. The first kappa shape index (κ1) is 11.9. The zero-order valence-electron chi connectivity index (χ0n) is 10.7. The normalized spacial score (nSPS) is 12.6. The molecule has 2 rings (SSSR count). The van der Waals surface area contributed by atoms with Gasteiger partial charge in [-0.1, -0.05) is 36.2 Å². The van der Waals surface area contributed by atoms with Crippen molar-refractivity contribution in [1.82, 2.24) is 5.32 Å². The SMILES string of the molecule is CCNC(c1ccoc1)c1cc(C)cc(C)c1. The number of furan rings is 1. The van der Waals surface area contributed by atoms with Gasteiger partial charge in [-0.3, -0.25) is 0 Å². The first-order valence-corrected chi connectivity index (χ1v) is 6.04. The Morgan fingerprint density at radius 1 is 1.12 bits per heavy atom. The van der Waals surface area contributed by atoms with Gasteiger partial charge in [0.25, 0.3) is 0 Å². The van der Waals surface area contributed by atoms with E-state index in [1.807, 2.05) is 12.3 Å². The zero-order chi connectivity index (χ0) is 12.3. The van der Waals surface area contributed by atoms with Crippen molar-refractivity contribution in [3.8, 4) is 0 Å². The van der Waals surface area contributed by atoms with E-state index in [9.17, 15) is 0 Å². The van der Waals surface area contributed by atoms with E-state index >= 15 is 0 Å². The second kappa shape index (κ2) is 5.19. The van der Waals surface area contributed by atoms with Crippen LogP contribution in [0.1, 0.15) is 35.2 Å². The fraction of sp³-hybridized carbons (Fsp3) is 0.333. The summed E-state index contributed by atoms with van der Waals surface area (Å²) in [5, 5.41) is 3.50. The summed E-state index contributed by atoms with van der Waals surface area (Å²) in [6.45, 7) is 7.32. The fourth-order valence-electron chi connectivity index (χ4n) is 2.25. The highest BCUT2D eigenvalue weighted by Gasteiger charge is 2.14. The van der Waals surface area contributed by atoms with Gasteiger partial charge in [0.15, 0.2) is 0 Å². The maximum atomic E-state index is 5.18. The number of benzene rings is 1. The molecule has 0 fully saturated rings. The van der Waals surface area contributed by atoms with Gasteiger partial charge in [-0.25, -0.2) is 0 Å². The van der Waals surface area contributed by atoms with E-state index in [1.54, 1.807) is 6.26 Å². The maximum Gasteiger partial charge on any atom is 0.0953 e. The molecule has 90 valence electrons. The van der Waals surface area contributed by atoms with Gasteiger partial charge in [0.05, 0.1) is 18.6 Å². The summed E-state index contributed by atoms with van der Waals surface area (Å²) in [6, 6.07) is 8.89. The van der Waals surface area contributed by atoms with Crippen LogP contribution in [-0.2, 0) is 0 Å². The van der Waals surface area contributed by atoms with Gasteiger partial charge in [0.1, 0.15) is 0 Å². The van der Waals surface area contributed by atoms with Crippen molar-refractivity contribution in [1.29, 1.82) is 0 Å². The van der Waals surface area contributed by atoms with Crippen LogP contribution in [0.3, 0.4) is 0 Å². The van der Waals surface area contributed by atoms with Crippen LogP contribution >= 0.6 is 0 Å². The highest BCUT2D eigenvalue weighted by atomic mass is 16.3. The second-order valence-corrected chi connectivity index (χ2v) is 4.47. The molecule has 1 atom stereocenters. The molecule has 0 saturated heterocycles. The summed E-state index contributed by atoms with van der Waals surface area (Å²) in [5.41, 5.74) is 5.07. The third-order valence-electron chi connectivity index (χ3n) is 2.86. The zero-order valence-corrected chi connectivity index (χ0v) is 10.7. The van der Waals surface area contributed by atoms with Gasteiger partial charge >= 0.3 is 0 Å². The summed E-state index contributed by atoms with van der Waals surface area (Å²) in [7, 11) is 0. The van der Waals surface area contributed by atoms with Crippen LogP contribution in [-0.4, -0.2) is 6.54 Å². The van der Waals surface area contributed by atoms with Gasteiger partial charge in [0, 0.05) is 5.56 Å². The standard InChI is InChI=1S/C15H19NO/c1-4-16-15(13-5-6-17-10-13)14-8-11(2)7-12(3)9-14/h5-10,15-16H,4H2,1-3H3. The monoisotopic (exact) mass is 229 g/mol. The van der Waals surface area contributed by atoms with Crippen LogP contribution in [0.25, 0.3) is 0 Å². The molecule has 1 heterocycles. The second-order valence-electron chi connectivity index (χ2n) is 4.47. The number of rotatable bonds is 4. The molecule has 0 aliphatic carbocycles. The Kier molecular flexibility index (Phi) is 3.64. The molecule has 0 saturated carbocycles. The first-order chi connectivity index (χ1) is 8.20. The lowest BCUT2D eigenvalue weighted by Gasteiger charge is -2.18. The molecule has 1 unspecified atom stereocenters. The number of hydrogen-bond donors (Lipinski definition) is 1. The van der Waals surface area contributed by atoms with Crippen molar-refractivity contribution in [2.24, 2.45) is 0 Å². The molecule has 0 radical (unpaired) electrons. The summed E-state index contributed by atoms with van der Waals surface area (Å²) in [4.78, 5) is 0. The minimum absolute atomic E-state index is 0.220. The predicted octanol–water partition coefficient (Wildman–Crippen LogP) is 3.60. The molecule has 17 heavy (non-hydrogen) atoms. The number of nitrogens with one attached hydrogen (secondary N) is 1. The third kappa shape index (κ3) is 2.77. The van der Waals surface area contributed by atoms with Gasteiger partial charge in [-0.2, -0.15) is 0 Å². The smallest absolute Gasteiger partial charge is 0.0953 e. The van der Waals surface area contributed by atoms with Crippen LogP contribution in [0.2, 0.25) is 0 Å². The maximum absolute atomic E-state index is 5.18. The Morgan fingerprint density at radius 3 is 2.35 bits per heavy atom.